The number of hydrogen-bond acceptors (Lipinski definition) is 3. The van der Waals surface area contributed by atoms with E-state index in [1.54, 1.807) is 0 Å². The zero-order valence-corrected chi connectivity index (χ0v) is 13.6. The van der Waals surface area contributed by atoms with Gasteiger partial charge >= 0.3 is 6.18 Å². The fourth-order valence-corrected chi connectivity index (χ4v) is 1.48. The van der Waals surface area contributed by atoms with Crippen LogP contribution in [0.5, 0.6) is 0 Å². The third-order valence-corrected chi connectivity index (χ3v) is 2.62. The number of alkyl halides is 3. The molecule has 2 N–H and O–H groups in total. The molecular formula is C16H27F3N2O. The van der Waals surface area contributed by atoms with Gasteiger partial charge in [-0.1, -0.05) is 26.0 Å². The number of carbonyl (C=O) groups is 1. The van der Waals surface area contributed by atoms with Crippen molar-refractivity contribution in [3.63, 3.8) is 0 Å². The molecule has 0 amide bonds. The molecule has 1 aromatic carbocycles. The maximum absolute atomic E-state index is 12.2. The van der Waals surface area contributed by atoms with E-state index in [1.165, 1.54) is 18.6 Å². The molecule has 1 rings (SSSR count). The predicted molar refractivity (Wildman–Crippen MR) is 85.0 cm³/mol. The third-order valence-electron chi connectivity index (χ3n) is 2.62. The molecule has 0 aliphatic carbocycles. The van der Waals surface area contributed by atoms with Crippen molar-refractivity contribution in [1.82, 2.24) is 10.6 Å². The summed E-state index contributed by atoms with van der Waals surface area (Å²) in [5.74, 6) is 0. The van der Waals surface area contributed by atoms with Gasteiger partial charge in [-0.2, -0.15) is 13.2 Å². The quantitative estimate of drug-likeness (QED) is 0.790. The van der Waals surface area contributed by atoms with Crippen LogP contribution in [0.15, 0.2) is 24.3 Å². The molecule has 22 heavy (non-hydrogen) atoms. The lowest BCUT2D eigenvalue weighted by Gasteiger charge is -2.07. The molecule has 0 aliphatic rings. The van der Waals surface area contributed by atoms with Crippen LogP contribution in [0.25, 0.3) is 0 Å². The Balaban J connectivity index is 0. The van der Waals surface area contributed by atoms with E-state index in [-0.39, 0.29) is 0 Å². The highest BCUT2D eigenvalue weighted by Crippen LogP contribution is 2.29. The van der Waals surface area contributed by atoms with Crippen molar-refractivity contribution in [2.24, 2.45) is 0 Å². The molecule has 0 aromatic heterocycles. The van der Waals surface area contributed by atoms with Crippen molar-refractivity contribution < 1.29 is 18.0 Å². The molecule has 3 nitrogen and oxygen atoms in total. The Hall–Kier alpha value is -1.40. The lowest BCUT2D eigenvalue weighted by atomic mass is 10.1. The van der Waals surface area contributed by atoms with E-state index >= 15 is 0 Å². The molecule has 0 saturated heterocycles. The van der Waals surface area contributed by atoms with Crippen molar-refractivity contribution in [1.29, 1.82) is 0 Å². The third kappa shape index (κ3) is 12.3. The lowest BCUT2D eigenvalue weighted by Crippen LogP contribution is -2.12. The first-order chi connectivity index (χ1) is 10.5. The summed E-state index contributed by atoms with van der Waals surface area (Å²) >= 11 is 0. The van der Waals surface area contributed by atoms with Gasteiger partial charge in [0.25, 0.3) is 0 Å². The van der Waals surface area contributed by atoms with Crippen LogP contribution in [0.2, 0.25) is 0 Å². The molecule has 0 fully saturated rings. The molecule has 0 unspecified atom stereocenters. The van der Waals surface area contributed by atoms with E-state index in [0.29, 0.717) is 0 Å². The first-order valence-electron chi connectivity index (χ1n) is 7.26. The Labute approximate surface area is 131 Å². The summed E-state index contributed by atoms with van der Waals surface area (Å²) in [5.41, 5.74) is 0.318. The summed E-state index contributed by atoms with van der Waals surface area (Å²) in [6, 6.07) is 5.26. The number of benzene rings is 1. The molecule has 0 radical (unpaired) electrons. The van der Waals surface area contributed by atoms with Gasteiger partial charge < -0.3 is 15.4 Å². The number of nitrogens with one attached hydrogen (secondary N) is 2. The number of hydrogen-bond donors (Lipinski definition) is 2. The van der Waals surface area contributed by atoms with Crippen molar-refractivity contribution in [3.8, 4) is 0 Å². The van der Waals surface area contributed by atoms with Gasteiger partial charge in [-0.15, -0.1) is 0 Å². The Morgan fingerprint density at radius 2 is 1.59 bits per heavy atom. The number of halogens is 3. The highest BCUT2D eigenvalue weighted by Gasteiger charge is 2.29. The molecule has 0 bridgehead atoms. The number of carbonyl (C=O) groups excluding carboxylic acids is 1. The molecular weight excluding hydrogens is 293 g/mol. The Morgan fingerprint density at radius 1 is 1.05 bits per heavy atom. The van der Waals surface area contributed by atoms with Crippen molar-refractivity contribution in [2.75, 3.05) is 26.7 Å². The van der Waals surface area contributed by atoms with Gasteiger partial charge in [0, 0.05) is 0 Å². The second-order valence-electron chi connectivity index (χ2n) is 4.40. The SMILES string of the molecule is C=O.CCCNCC.CNCCc1ccc(C(F)(F)F)cc1. The first-order valence-corrected chi connectivity index (χ1v) is 7.26. The molecule has 1 aromatic rings. The minimum atomic E-state index is -4.23. The second-order valence-corrected chi connectivity index (χ2v) is 4.40. The second kappa shape index (κ2) is 14.5. The highest BCUT2D eigenvalue weighted by atomic mass is 19.4. The summed E-state index contributed by atoms with van der Waals surface area (Å²) in [6.45, 7) is 9.33. The average molecular weight is 320 g/mol. The fraction of sp³-hybridized carbons (Fsp3) is 0.562. The topological polar surface area (TPSA) is 41.1 Å². The summed E-state index contributed by atoms with van der Waals surface area (Å²) < 4.78 is 36.5. The monoisotopic (exact) mass is 320 g/mol. The predicted octanol–water partition coefficient (Wildman–Crippen LogP) is 3.29. The van der Waals surface area contributed by atoms with Crippen LogP contribution in [0.4, 0.5) is 13.2 Å². The molecule has 0 saturated carbocycles. The van der Waals surface area contributed by atoms with Gasteiger partial charge in [-0.05, 0) is 57.2 Å². The van der Waals surface area contributed by atoms with Gasteiger partial charge in [-0.25, -0.2) is 0 Å². The van der Waals surface area contributed by atoms with Crippen LogP contribution in [0.1, 0.15) is 31.4 Å². The van der Waals surface area contributed by atoms with Gasteiger partial charge in [0.05, 0.1) is 5.56 Å². The van der Waals surface area contributed by atoms with Crippen molar-refractivity contribution in [3.05, 3.63) is 35.4 Å². The smallest absolute Gasteiger partial charge is 0.319 e. The first kappa shape index (κ1) is 22.9. The summed E-state index contributed by atoms with van der Waals surface area (Å²) in [4.78, 5) is 8.00. The zero-order chi connectivity index (χ0) is 17.4. The highest BCUT2D eigenvalue weighted by molar-refractivity contribution is 5.24. The van der Waals surface area contributed by atoms with Gasteiger partial charge in [0.15, 0.2) is 0 Å². The van der Waals surface area contributed by atoms with E-state index in [9.17, 15) is 13.2 Å². The van der Waals surface area contributed by atoms with Crippen LogP contribution in [-0.2, 0) is 17.4 Å². The van der Waals surface area contributed by atoms with E-state index in [0.717, 1.165) is 43.8 Å². The van der Waals surface area contributed by atoms with Crippen LogP contribution in [-0.4, -0.2) is 33.5 Å². The van der Waals surface area contributed by atoms with Gasteiger partial charge in [-0.3, -0.25) is 0 Å². The minimum Gasteiger partial charge on any atom is -0.319 e. The molecule has 6 heteroatoms. The maximum atomic E-state index is 12.2. The number of likely N-dealkylation sites (N-methyl/N-ethyl adjacent to an activating group) is 1. The van der Waals surface area contributed by atoms with Crippen molar-refractivity contribution >= 4 is 6.79 Å². The fourth-order valence-electron chi connectivity index (χ4n) is 1.48. The van der Waals surface area contributed by atoms with Crippen LogP contribution in [0, 0.1) is 0 Å². The summed E-state index contributed by atoms with van der Waals surface area (Å²) in [6.07, 6.45) is -2.25. The normalized spacial score (nSPS) is 10.1. The van der Waals surface area contributed by atoms with Gasteiger partial charge in [0.1, 0.15) is 6.79 Å². The zero-order valence-electron chi connectivity index (χ0n) is 13.6. The van der Waals surface area contributed by atoms with E-state index in [1.807, 2.05) is 13.8 Å². The Morgan fingerprint density at radius 3 is 1.91 bits per heavy atom. The minimum absolute atomic E-state index is 0.592. The summed E-state index contributed by atoms with van der Waals surface area (Å²) in [7, 11) is 1.81. The van der Waals surface area contributed by atoms with E-state index < -0.39 is 11.7 Å². The van der Waals surface area contributed by atoms with Crippen molar-refractivity contribution in [2.45, 2.75) is 32.9 Å². The molecule has 0 atom stereocenters. The standard InChI is InChI=1S/C10H12F3N.C5H13N.CH2O/c1-14-7-6-8-2-4-9(5-3-8)10(11,12)13;1-3-5-6-4-2;1-2/h2-5,14H,6-7H2,1H3;6H,3-5H2,1-2H3;1H2. The summed E-state index contributed by atoms with van der Waals surface area (Å²) in [5, 5.41) is 6.14. The molecule has 0 heterocycles. The van der Waals surface area contributed by atoms with Crippen LogP contribution in [0.3, 0.4) is 0 Å². The molecule has 128 valence electrons. The Kier molecular flexibility index (Phi) is 15.1. The Bertz CT molecular complexity index is 349. The van der Waals surface area contributed by atoms with Crippen LogP contribution >= 0.6 is 0 Å². The van der Waals surface area contributed by atoms with E-state index in [4.69, 9.17) is 4.79 Å². The van der Waals surface area contributed by atoms with Crippen LogP contribution < -0.4 is 10.6 Å². The lowest BCUT2D eigenvalue weighted by molar-refractivity contribution is -0.137. The number of rotatable bonds is 6. The largest absolute Gasteiger partial charge is 0.416 e. The molecule has 0 spiro atoms. The average Bonchev–Trinajstić information content (AvgIpc) is 2.53. The molecule has 0 aliphatic heterocycles. The van der Waals surface area contributed by atoms with Gasteiger partial charge in [0.2, 0.25) is 0 Å². The maximum Gasteiger partial charge on any atom is 0.416 e. The van der Waals surface area contributed by atoms with E-state index in [2.05, 4.69) is 24.5 Å².